The summed E-state index contributed by atoms with van der Waals surface area (Å²) in [5.74, 6) is 0.749. The van der Waals surface area contributed by atoms with E-state index < -0.39 is 0 Å². The fraction of sp³-hybridized carbons (Fsp3) is 0.500. The third-order valence-corrected chi connectivity index (χ3v) is 3.00. The maximum Gasteiger partial charge on any atom is 0.156 e. The SMILES string of the molecule is c1cc2ncc(OCCN3CCOCC3)cn2n1. The van der Waals surface area contributed by atoms with E-state index in [0.717, 1.165) is 44.2 Å². The highest BCUT2D eigenvalue weighted by Gasteiger charge is 2.09. The van der Waals surface area contributed by atoms with Crippen molar-refractivity contribution in [3.05, 3.63) is 24.7 Å². The molecule has 0 atom stereocenters. The number of rotatable bonds is 4. The average molecular weight is 248 g/mol. The highest BCUT2D eigenvalue weighted by Crippen LogP contribution is 2.09. The van der Waals surface area contributed by atoms with Crippen LogP contribution in [0.5, 0.6) is 5.75 Å². The fourth-order valence-electron chi connectivity index (χ4n) is 1.98. The predicted molar refractivity (Wildman–Crippen MR) is 65.7 cm³/mol. The van der Waals surface area contributed by atoms with Crippen LogP contribution in [0.4, 0.5) is 0 Å². The topological polar surface area (TPSA) is 51.9 Å². The van der Waals surface area contributed by atoms with Crippen molar-refractivity contribution in [1.82, 2.24) is 19.5 Å². The summed E-state index contributed by atoms with van der Waals surface area (Å²) in [6.45, 7) is 5.19. The predicted octanol–water partition coefficient (Wildman–Crippen LogP) is 0.440. The lowest BCUT2D eigenvalue weighted by Crippen LogP contribution is -2.38. The molecular formula is C12H16N4O2. The van der Waals surface area contributed by atoms with E-state index in [4.69, 9.17) is 9.47 Å². The molecule has 2 aromatic heterocycles. The molecule has 1 fully saturated rings. The summed E-state index contributed by atoms with van der Waals surface area (Å²) in [5.41, 5.74) is 0.829. The molecule has 1 aliphatic rings. The molecular weight excluding hydrogens is 232 g/mol. The molecule has 2 aromatic rings. The molecule has 0 saturated carbocycles. The third-order valence-electron chi connectivity index (χ3n) is 3.00. The number of aromatic nitrogens is 3. The second-order valence-electron chi connectivity index (χ2n) is 4.23. The number of morpholine rings is 1. The molecule has 3 heterocycles. The van der Waals surface area contributed by atoms with Crippen LogP contribution < -0.4 is 4.74 Å². The van der Waals surface area contributed by atoms with Gasteiger partial charge in [-0.15, -0.1) is 0 Å². The van der Waals surface area contributed by atoms with E-state index in [1.54, 1.807) is 16.9 Å². The zero-order valence-electron chi connectivity index (χ0n) is 10.2. The van der Waals surface area contributed by atoms with E-state index in [0.29, 0.717) is 6.61 Å². The molecule has 0 aromatic carbocycles. The van der Waals surface area contributed by atoms with Gasteiger partial charge in [-0.3, -0.25) is 4.90 Å². The average Bonchev–Trinajstić information content (AvgIpc) is 2.87. The van der Waals surface area contributed by atoms with Crippen molar-refractivity contribution in [2.45, 2.75) is 0 Å². The fourth-order valence-corrected chi connectivity index (χ4v) is 1.98. The van der Waals surface area contributed by atoms with E-state index >= 15 is 0 Å². The van der Waals surface area contributed by atoms with Crippen LogP contribution in [0.2, 0.25) is 0 Å². The highest BCUT2D eigenvalue weighted by atomic mass is 16.5. The standard InChI is InChI=1S/C12H16N4O2/c1-2-14-16-10-11(9-13-12(1)16)18-8-5-15-3-6-17-7-4-15/h1-2,9-10H,3-8H2. The molecule has 18 heavy (non-hydrogen) atoms. The summed E-state index contributed by atoms with van der Waals surface area (Å²) in [6.07, 6.45) is 5.30. The Morgan fingerprint density at radius 2 is 2.22 bits per heavy atom. The third kappa shape index (κ3) is 2.60. The summed E-state index contributed by atoms with van der Waals surface area (Å²) in [7, 11) is 0. The van der Waals surface area contributed by atoms with Gasteiger partial charge in [-0.2, -0.15) is 5.10 Å². The van der Waals surface area contributed by atoms with Crippen molar-refractivity contribution in [3.63, 3.8) is 0 Å². The Morgan fingerprint density at radius 3 is 3.11 bits per heavy atom. The largest absolute Gasteiger partial charge is 0.489 e. The van der Waals surface area contributed by atoms with E-state index in [9.17, 15) is 0 Å². The van der Waals surface area contributed by atoms with E-state index in [1.165, 1.54) is 0 Å². The lowest BCUT2D eigenvalue weighted by molar-refractivity contribution is 0.0322. The highest BCUT2D eigenvalue weighted by molar-refractivity contribution is 5.37. The van der Waals surface area contributed by atoms with Gasteiger partial charge < -0.3 is 9.47 Å². The maximum atomic E-state index is 5.68. The second-order valence-corrected chi connectivity index (χ2v) is 4.23. The van der Waals surface area contributed by atoms with Gasteiger partial charge in [0.25, 0.3) is 0 Å². The summed E-state index contributed by atoms with van der Waals surface area (Å²) >= 11 is 0. The Bertz CT molecular complexity index is 508. The quantitative estimate of drug-likeness (QED) is 0.786. The molecule has 0 N–H and O–H groups in total. The second kappa shape index (κ2) is 5.32. The van der Waals surface area contributed by atoms with Crippen LogP contribution in [0.25, 0.3) is 5.65 Å². The molecule has 0 bridgehead atoms. The van der Waals surface area contributed by atoms with Gasteiger partial charge in [0.15, 0.2) is 11.4 Å². The minimum absolute atomic E-state index is 0.661. The molecule has 1 aliphatic heterocycles. The molecule has 0 amide bonds. The normalized spacial score (nSPS) is 17.1. The first-order valence-corrected chi connectivity index (χ1v) is 6.14. The van der Waals surface area contributed by atoms with Gasteiger partial charge in [0.05, 0.1) is 31.8 Å². The Balaban J connectivity index is 1.52. The minimum atomic E-state index is 0.661. The Kier molecular flexibility index (Phi) is 3.38. The molecule has 0 spiro atoms. The number of hydrogen-bond donors (Lipinski definition) is 0. The Labute approximate surface area is 105 Å². The first-order chi connectivity index (χ1) is 8.92. The molecule has 1 saturated heterocycles. The molecule has 3 rings (SSSR count). The minimum Gasteiger partial charge on any atom is -0.489 e. The van der Waals surface area contributed by atoms with Crippen molar-refractivity contribution >= 4 is 5.65 Å². The molecule has 0 aliphatic carbocycles. The van der Waals surface area contributed by atoms with E-state index in [1.807, 2.05) is 12.3 Å². The van der Waals surface area contributed by atoms with Gasteiger partial charge >= 0.3 is 0 Å². The van der Waals surface area contributed by atoms with Crippen LogP contribution in [0.15, 0.2) is 24.7 Å². The molecule has 6 heteroatoms. The lowest BCUT2D eigenvalue weighted by atomic mass is 10.4. The molecule has 0 radical (unpaired) electrons. The molecule has 6 nitrogen and oxygen atoms in total. The van der Waals surface area contributed by atoms with Gasteiger partial charge in [-0.25, -0.2) is 9.50 Å². The number of fused-ring (bicyclic) bond motifs is 1. The zero-order chi connectivity index (χ0) is 12.2. The monoisotopic (exact) mass is 248 g/mol. The van der Waals surface area contributed by atoms with Crippen molar-refractivity contribution in [1.29, 1.82) is 0 Å². The van der Waals surface area contributed by atoms with Crippen molar-refractivity contribution < 1.29 is 9.47 Å². The van der Waals surface area contributed by atoms with Crippen LogP contribution in [-0.2, 0) is 4.74 Å². The Morgan fingerprint density at radius 1 is 1.33 bits per heavy atom. The number of hydrogen-bond acceptors (Lipinski definition) is 5. The van der Waals surface area contributed by atoms with E-state index in [-0.39, 0.29) is 0 Å². The van der Waals surface area contributed by atoms with Gasteiger partial charge in [0, 0.05) is 25.7 Å². The first-order valence-electron chi connectivity index (χ1n) is 6.14. The van der Waals surface area contributed by atoms with Crippen molar-refractivity contribution in [2.75, 3.05) is 39.5 Å². The summed E-state index contributed by atoms with van der Waals surface area (Å²) in [5, 5.41) is 4.12. The summed E-state index contributed by atoms with van der Waals surface area (Å²) in [6, 6.07) is 1.86. The molecule has 96 valence electrons. The van der Waals surface area contributed by atoms with Gasteiger partial charge in [-0.1, -0.05) is 0 Å². The molecule has 0 unspecified atom stereocenters. The van der Waals surface area contributed by atoms with Gasteiger partial charge in [0.1, 0.15) is 6.61 Å². The van der Waals surface area contributed by atoms with Crippen LogP contribution >= 0.6 is 0 Å². The lowest BCUT2D eigenvalue weighted by Gasteiger charge is -2.26. The van der Waals surface area contributed by atoms with Crippen LogP contribution in [0, 0.1) is 0 Å². The smallest absolute Gasteiger partial charge is 0.156 e. The number of ether oxygens (including phenoxy) is 2. The van der Waals surface area contributed by atoms with Crippen LogP contribution in [0.3, 0.4) is 0 Å². The van der Waals surface area contributed by atoms with Gasteiger partial charge in [0.2, 0.25) is 0 Å². The first kappa shape index (κ1) is 11.4. The van der Waals surface area contributed by atoms with Crippen LogP contribution in [-0.4, -0.2) is 59.0 Å². The van der Waals surface area contributed by atoms with Crippen molar-refractivity contribution in [3.8, 4) is 5.75 Å². The van der Waals surface area contributed by atoms with E-state index in [2.05, 4.69) is 15.0 Å². The summed E-state index contributed by atoms with van der Waals surface area (Å²) < 4.78 is 12.7. The van der Waals surface area contributed by atoms with Crippen LogP contribution in [0.1, 0.15) is 0 Å². The zero-order valence-corrected chi connectivity index (χ0v) is 10.2. The Hall–Kier alpha value is -1.66. The van der Waals surface area contributed by atoms with Crippen molar-refractivity contribution in [2.24, 2.45) is 0 Å². The summed E-state index contributed by atoms with van der Waals surface area (Å²) in [4.78, 5) is 6.59. The van der Waals surface area contributed by atoms with Gasteiger partial charge in [-0.05, 0) is 0 Å². The maximum absolute atomic E-state index is 5.68. The number of nitrogens with zero attached hydrogens (tertiary/aromatic N) is 4.